The third kappa shape index (κ3) is 8.13. The number of nitrogens with zero attached hydrogens (tertiary/aromatic N) is 4. The first-order valence-corrected chi connectivity index (χ1v) is 15.4. The molecule has 3 aromatic rings. The van der Waals surface area contributed by atoms with E-state index < -0.39 is 11.9 Å². The smallest absolute Gasteiger partial charge is 0.255 e. The van der Waals surface area contributed by atoms with Gasteiger partial charge in [0.05, 0.1) is 31.0 Å². The Bertz CT molecular complexity index is 1410. The Morgan fingerprint density at radius 2 is 1.89 bits per heavy atom. The number of hydrogen-bond acceptors (Lipinski definition) is 8. The van der Waals surface area contributed by atoms with Crippen LogP contribution in [0.3, 0.4) is 0 Å². The van der Waals surface area contributed by atoms with Gasteiger partial charge in [0, 0.05) is 51.6 Å². The summed E-state index contributed by atoms with van der Waals surface area (Å²) in [4.78, 5) is 42.5. The number of methoxy groups -OCH3 is 1. The lowest BCUT2D eigenvalue weighted by Crippen LogP contribution is -2.52. The number of aromatic nitrogens is 3. The molecule has 3 heterocycles. The van der Waals surface area contributed by atoms with Crippen molar-refractivity contribution in [1.82, 2.24) is 35.8 Å². The quantitative estimate of drug-likeness (QED) is 0.410. The third-order valence-electron chi connectivity index (χ3n) is 7.95. The molecule has 12 nitrogen and oxygen atoms in total. The second-order valence-electron chi connectivity index (χ2n) is 11.1. The number of piperidine rings is 1. The molecule has 1 aromatic heterocycles. The van der Waals surface area contributed by atoms with Crippen molar-refractivity contribution >= 4 is 17.7 Å². The van der Waals surface area contributed by atoms with E-state index in [9.17, 15) is 14.4 Å². The van der Waals surface area contributed by atoms with Crippen molar-refractivity contribution in [3.8, 4) is 11.5 Å². The van der Waals surface area contributed by atoms with E-state index in [4.69, 9.17) is 9.47 Å². The highest BCUT2D eigenvalue weighted by molar-refractivity contribution is 6.00. The lowest BCUT2D eigenvalue weighted by atomic mass is 10.0. The summed E-state index contributed by atoms with van der Waals surface area (Å²) in [7, 11) is 1.52. The van der Waals surface area contributed by atoms with Crippen LogP contribution in [-0.4, -0.2) is 89.6 Å². The summed E-state index contributed by atoms with van der Waals surface area (Å²) in [6, 6.07) is 13.5. The molecular formula is C32H41N7O5. The van der Waals surface area contributed by atoms with Crippen LogP contribution >= 0.6 is 0 Å². The van der Waals surface area contributed by atoms with Crippen LogP contribution in [0.15, 0.2) is 54.7 Å². The summed E-state index contributed by atoms with van der Waals surface area (Å²) in [5, 5.41) is 17.8. The molecule has 0 aliphatic carbocycles. The van der Waals surface area contributed by atoms with E-state index in [1.807, 2.05) is 36.5 Å². The first-order chi connectivity index (χ1) is 21.5. The zero-order valence-electron chi connectivity index (χ0n) is 25.2. The van der Waals surface area contributed by atoms with Crippen molar-refractivity contribution in [3.63, 3.8) is 0 Å². The molecule has 2 aliphatic rings. The molecule has 0 saturated carbocycles. The summed E-state index contributed by atoms with van der Waals surface area (Å²) in [5.41, 5.74) is 1.96. The van der Waals surface area contributed by atoms with Gasteiger partial charge in [-0.25, -0.2) is 0 Å². The van der Waals surface area contributed by atoms with Crippen LogP contribution in [0.4, 0.5) is 0 Å². The van der Waals surface area contributed by atoms with E-state index in [-0.39, 0.29) is 30.0 Å². The molecule has 2 atom stereocenters. The molecule has 0 radical (unpaired) electrons. The maximum absolute atomic E-state index is 13.6. The van der Waals surface area contributed by atoms with Crippen LogP contribution < -0.4 is 25.4 Å². The predicted octanol–water partition coefficient (Wildman–Crippen LogP) is 1.74. The average molecular weight is 604 g/mol. The highest BCUT2D eigenvalue weighted by Crippen LogP contribution is 2.31. The minimum atomic E-state index is -0.857. The fourth-order valence-corrected chi connectivity index (χ4v) is 5.56. The lowest BCUT2D eigenvalue weighted by molar-refractivity contribution is -0.134. The van der Waals surface area contributed by atoms with Gasteiger partial charge in [0.15, 0.2) is 11.5 Å². The van der Waals surface area contributed by atoms with Crippen molar-refractivity contribution in [2.45, 2.75) is 57.2 Å². The first-order valence-electron chi connectivity index (χ1n) is 15.4. The Kier molecular flexibility index (Phi) is 10.8. The Labute approximate surface area is 257 Å². The number of fused-ring (bicyclic) bond motifs is 3. The molecule has 2 bridgehead atoms. The number of carbonyl (C=O) groups is 3. The highest BCUT2D eigenvalue weighted by atomic mass is 16.5. The fraction of sp³-hybridized carbons (Fsp3) is 0.469. The molecule has 3 amide bonds. The average Bonchev–Trinajstić information content (AvgIpc) is 3.51. The minimum Gasteiger partial charge on any atom is -0.493 e. The normalized spacial score (nSPS) is 20.5. The molecule has 3 N–H and O–H groups in total. The first kappa shape index (κ1) is 31.0. The maximum atomic E-state index is 13.6. The summed E-state index contributed by atoms with van der Waals surface area (Å²) < 4.78 is 13.3. The Morgan fingerprint density at radius 1 is 1.02 bits per heavy atom. The van der Waals surface area contributed by atoms with Crippen molar-refractivity contribution in [3.05, 3.63) is 71.5 Å². The number of benzene rings is 2. The van der Waals surface area contributed by atoms with Gasteiger partial charge in [-0.05, 0) is 37.1 Å². The number of ether oxygens (including phenoxy) is 2. The van der Waals surface area contributed by atoms with E-state index in [0.29, 0.717) is 57.0 Å². The number of carbonyl (C=O) groups excluding carboxylic acids is 3. The van der Waals surface area contributed by atoms with E-state index in [0.717, 1.165) is 37.1 Å². The molecule has 44 heavy (non-hydrogen) atoms. The zero-order chi connectivity index (χ0) is 30.7. The molecule has 2 aromatic carbocycles. The summed E-state index contributed by atoms with van der Waals surface area (Å²) in [5.74, 6) is -0.0263. The Balaban J connectivity index is 1.39. The molecule has 5 rings (SSSR count). The number of para-hydroxylation sites is 1. The van der Waals surface area contributed by atoms with Crippen LogP contribution in [-0.2, 0) is 29.0 Å². The summed E-state index contributed by atoms with van der Waals surface area (Å²) in [6.07, 6.45) is 6.17. The Morgan fingerprint density at radius 3 is 2.68 bits per heavy atom. The summed E-state index contributed by atoms with van der Waals surface area (Å²) in [6.45, 7) is 2.70. The topological polar surface area (TPSA) is 140 Å². The second kappa shape index (κ2) is 15.3. The van der Waals surface area contributed by atoms with Gasteiger partial charge in [-0.1, -0.05) is 48.0 Å². The van der Waals surface area contributed by atoms with E-state index in [1.54, 1.807) is 27.8 Å². The molecule has 2 aliphatic heterocycles. The maximum Gasteiger partial charge on any atom is 0.255 e. The molecular weight excluding hydrogens is 562 g/mol. The van der Waals surface area contributed by atoms with Crippen molar-refractivity contribution in [2.75, 3.05) is 39.9 Å². The number of nitrogens with one attached hydrogen (secondary N) is 3. The van der Waals surface area contributed by atoms with Crippen LogP contribution in [0.25, 0.3) is 0 Å². The lowest BCUT2D eigenvalue weighted by Gasteiger charge is -2.30. The van der Waals surface area contributed by atoms with Crippen LogP contribution in [0.5, 0.6) is 11.5 Å². The van der Waals surface area contributed by atoms with Crippen molar-refractivity contribution in [1.29, 1.82) is 0 Å². The van der Waals surface area contributed by atoms with E-state index in [2.05, 4.69) is 26.3 Å². The van der Waals surface area contributed by atoms with Crippen LogP contribution in [0.2, 0.25) is 0 Å². The molecule has 0 spiro atoms. The van der Waals surface area contributed by atoms with E-state index in [1.165, 1.54) is 7.11 Å². The predicted molar refractivity (Wildman–Crippen MR) is 163 cm³/mol. The van der Waals surface area contributed by atoms with Gasteiger partial charge >= 0.3 is 0 Å². The molecule has 12 heteroatoms. The largest absolute Gasteiger partial charge is 0.493 e. The number of hydrogen-bond donors (Lipinski definition) is 3. The highest BCUT2D eigenvalue weighted by Gasteiger charge is 2.28. The van der Waals surface area contributed by atoms with Crippen molar-refractivity contribution < 1.29 is 23.9 Å². The zero-order valence-corrected chi connectivity index (χ0v) is 25.2. The van der Waals surface area contributed by atoms with Gasteiger partial charge in [-0.15, -0.1) is 5.10 Å². The monoisotopic (exact) mass is 603 g/mol. The third-order valence-corrected chi connectivity index (χ3v) is 7.95. The van der Waals surface area contributed by atoms with Gasteiger partial charge in [0.2, 0.25) is 11.8 Å². The van der Waals surface area contributed by atoms with Gasteiger partial charge in [-0.2, -0.15) is 0 Å². The number of rotatable bonds is 4. The molecule has 234 valence electrons. The molecule has 1 saturated heterocycles. The molecule has 1 fully saturated rings. The number of amides is 3. The van der Waals surface area contributed by atoms with Crippen LogP contribution in [0.1, 0.15) is 47.3 Å². The number of aryl methyl sites for hydroxylation is 1. The van der Waals surface area contributed by atoms with Crippen molar-refractivity contribution in [2.24, 2.45) is 0 Å². The van der Waals surface area contributed by atoms with Crippen LogP contribution in [0, 0.1) is 0 Å². The van der Waals surface area contributed by atoms with Gasteiger partial charge < -0.3 is 30.3 Å². The van der Waals surface area contributed by atoms with Gasteiger partial charge in [0.1, 0.15) is 6.04 Å². The second-order valence-corrected chi connectivity index (χ2v) is 11.1. The van der Waals surface area contributed by atoms with Gasteiger partial charge in [0.25, 0.3) is 5.91 Å². The SMILES string of the molecule is COc1cccc2c1OCCCn1cc(nn1)CCN(C(=O)[C@@H]1CCCCN1)CCNC(=O)[C@H](Cc1ccccc1)NC2=O. The molecule has 0 unspecified atom stereocenters. The van der Waals surface area contributed by atoms with Gasteiger partial charge in [-0.3, -0.25) is 19.1 Å². The van der Waals surface area contributed by atoms with E-state index >= 15 is 0 Å². The summed E-state index contributed by atoms with van der Waals surface area (Å²) >= 11 is 0. The standard InChI is InChI=1S/C32H41N7O5/c1-43-28-13-7-11-25-29(28)44-20-8-17-39-22-24(36-37-39)14-18-38(32(42)26-12-5-6-15-33-26)19-16-34-31(41)27(35-30(25)40)21-23-9-3-2-4-10-23/h2-4,7,9-11,13,22,26-27,33H,5-6,8,12,14-21H2,1H3,(H,34,41)(H,35,40)/t26-,27-/m0/s1. The fourth-order valence-electron chi connectivity index (χ4n) is 5.56. The minimum absolute atomic E-state index is 0.0223. The Hall–Kier alpha value is -4.45.